The highest BCUT2D eigenvalue weighted by Crippen LogP contribution is 2.44. The van der Waals surface area contributed by atoms with Gasteiger partial charge < -0.3 is 20.6 Å². The predicted octanol–water partition coefficient (Wildman–Crippen LogP) is 2.73. The Bertz CT molecular complexity index is 1000. The average Bonchev–Trinajstić information content (AvgIpc) is 2.48. The molecule has 2 rings (SSSR count). The number of nitriles is 2. The van der Waals surface area contributed by atoms with Gasteiger partial charge in [0.25, 0.3) is 5.56 Å². The lowest BCUT2D eigenvalue weighted by molar-refractivity contribution is -0.275. The SMILES string of the molecule is N#Cc1c(N)[nH]c(=O)c(C#N)c1-c1cc(Br)cc(OC(F)(F)F)c1O. The highest BCUT2D eigenvalue weighted by atomic mass is 79.9. The summed E-state index contributed by atoms with van der Waals surface area (Å²) in [7, 11) is 0. The number of hydrogen-bond acceptors (Lipinski definition) is 6. The van der Waals surface area contributed by atoms with Crippen LogP contribution in [0.5, 0.6) is 11.5 Å². The number of ether oxygens (including phenoxy) is 1. The number of benzene rings is 1. The van der Waals surface area contributed by atoms with E-state index in [1.807, 2.05) is 0 Å². The second kappa shape index (κ2) is 6.37. The summed E-state index contributed by atoms with van der Waals surface area (Å²) in [6.07, 6.45) is -5.10. The molecule has 2 aromatic rings. The van der Waals surface area contributed by atoms with Crippen molar-refractivity contribution in [3.8, 4) is 34.8 Å². The third-order valence-electron chi connectivity index (χ3n) is 3.00. The van der Waals surface area contributed by atoms with Crippen molar-refractivity contribution in [2.75, 3.05) is 5.73 Å². The predicted molar refractivity (Wildman–Crippen MR) is 82.4 cm³/mol. The molecule has 1 heterocycles. The number of aromatic nitrogens is 1. The standard InChI is InChI=1S/C14H6BrF3N4O3/c15-5-1-6(11(23)9(2-5)25-14(16,17)18)10-7(3-19)12(21)22-13(24)8(10)4-20/h1-2,23H,(H3,21,22,24). The van der Waals surface area contributed by atoms with E-state index < -0.39 is 45.9 Å². The molecule has 0 saturated heterocycles. The molecule has 4 N–H and O–H groups in total. The summed E-state index contributed by atoms with van der Waals surface area (Å²) >= 11 is 2.94. The number of alkyl halides is 3. The van der Waals surface area contributed by atoms with Gasteiger partial charge in [0.15, 0.2) is 11.5 Å². The van der Waals surface area contributed by atoms with Crippen molar-refractivity contribution in [2.24, 2.45) is 0 Å². The topological polar surface area (TPSA) is 136 Å². The zero-order valence-electron chi connectivity index (χ0n) is 11.9. The van der Waals surface area contributed by atoms with Gasteiger partial charge in [-0.3, -0.25) is 4.79 Å². The molecule has 1 aromatic carbocycles. The van der Waals surface area contributed by atoms with Gasteiger partial charge in [0.1, 0.15) is 29.1 Å². The van der Waals surface area contributed by atoms with Gasteiger partial charge in [-0.15, -0.1) is 13.2 Å². The Hall–Kier alpha value is -3.18. The molecule has 128 valence electrons. The molecule has 0 saturated carbocycles. The van der Waals surface area contributed by atoms with E-state index in [0.29, 0.717) is 0 Å². The maximum atomic E-state index is 12.5. The molecule has 1 aromatic heterocycles. The molecule has 7 nitrogen and oxygen atoms in total. The second-order valence-electron chi connectivity index (χ2n) is 4.56. The Kier molecular flexibility index (Phi) is 4.63. The molecule has 11 heteroatoms. The number of H-pyrrole nitrogens is 1. The van der Waals surface area contributed by atoms with Crippen molar-refractivity contribution >= 4 is 21.7 Å². The van der Waals surface area contributed by atoms with Gasteiger partial charge in [-0.05, 0) is 12.1 Å². The molecule has 0 aliphatic heterocycles. The van der Waals surface area contributed by atoms with Crippen molar-refractivity contribution in [2.45, 2.75) is 6.36 Å². The lowest BCUT2D eigenvalue weighted by Gasteiger charge is -2.15. The molecule has 0 atom stereocenters. The first-order chi connectivity index (χ1) is 11.6. The van der Waals surface area contributed by atoms with Crippen LogP contribution in [0.3, 0.4) is 0 Å². The number of nitrogens with zero attached hydrogens (tertiary/aromatic N) is 2. The van der Waals surface area contributed by atoms with E-state index in [4.69, 9.17) is 11.0 Å². The van der Waals surface area contributed by atoms with Gasteiger partial charge in [-0.1, -0.05) is 15.9 Å². The number of aromatic amines is 1. The van der Waals surface area contributed by atoms with Crippen LogP contribution in [0.25, 0.3) is 11.1 Å². The molecule has 0 aliphatic carbocycles. The molecule has 0 unspecified atom stereocenters. The smallest absolute Gasteiger partial charge is 0.504 e. The minimum Gasteiger partial charge on any atom is -0.504 e. The van der Waals surface area contributed by atoms with Gasteiger partial charge in [0, 0.05) is 15.6 Å². The van der Waals surface area contributed by atoms with Gasteiger partial charge in [0.2, 0.25) is 0 Å². The van der Waals surface area contributed by atoms with Crippen LogP contribution in [-0.4, -0.2) is 16.5 Å². The van der Waals surface area contributed by atoms with Crippen molar-refractivity contribution in [3.05, 3.63) is 38.1 Å². The summed E-state index contributed by atoms with van der Waals surface area (Å²) in [4.78, 5) is 14.0. The van der Waals surface area contributed by atoms with Crippen molar-refractivity contribution in [1.29, 1.82) is 10.5 Å². The zero-order valence-corrected chi connectivity index (χ0v) is 13.5. The monoisotopic (exact) mass is 414 g/mol. The van der Waals surface area contributed by atoms with E-state index in [-0.39, 0.29) is 10.0 Å². The largest absolute Gasteiger partial charge is 0.573 e. The Morgan fingerprint density at radius 1 is 1.24 bits per heavy atom. The van der Waals surface area contributed by atoms with E-state index in [0.717, 1.165) is 12.1 Å². The van der Waals surface area contributed by atoms with Gasteiger partial charge in [-0.25, -0.2) is 0 Å². The summed E-state index contributed by atoms with van der Waals surface area (Å²) in [6.45, 7) is 0. The molecule has 0 amide bonds. The summed E-state index contributed by atoms with van der Waals surface area (Å²) in [5.74, 6) is -2.40. The fourth-order valence-electron chi connectivity index (χ4n) is 2.08. The number of pyridine rings is 1. The third kappa shape index (κ3) is 3.51. The minimum absolute atomic E-state index is 0.0335. The summed E-state index contributed by atoms with van der Waals surface area (Å²) in [5.41, 5.74) is 2.77. The number of rotatable bonds is 2. The lowest BCUT2D eigenvalue weighted by atomic mass is 9.95. The molecular weight excluding hydrogens is 409 g/mol. The molecule has 0 bridgehead atoms. The number of aromatic hydroxyl groups is 1. The Morgan fingerprint density at radius 2 is 1.84 bits per heavy atom. The van der Waals surface area contributed by atoms with E-state index in [9.17, 15) is 28.3 Å². The minimum atomic E-state index is -5.10. The van der Waals surface area contributed by atoms with E-state index in [1.54, 1.807) is 6.07 Å². The van der Waals surface area contributed by atoms with Crippen LogP contribution in [0.4, 0.5) is 19.0 Å². The summed E-state index contributed by atoms with van der Waals surface area (Å²) < 4.78 is 41.2. The van der Waals surface area contributed by atoms with Gasteiger partial charge in [-0.2, -0.15) is 10.5 Å². The fraction of sp³-hybridized carbons (Fsp3) is 0.0714. The van der Waals surface area contributed by atoms with Crippen molar-refractivity contribution in [3.63, 3.8) is 0 Å². The Balaban J connectivity index is 2.92. The van der Waals surface area contributed by atoms with E-state index in [1.165, 1.54) is 6.07 Å². The average molecular weight is 415 g/mol. The molecule has 0 spiro atoms. The highest BCUT2D eigenvalue weighted by molar-refractivity contribution is 9.10. The van der Waals surface area contributed by atoms with Gasteiger partial charge >= 0.3 is 6.36 Å². The van der Waals surface area contributed by atoms with Crippen LogP contribution in [0, 0.1) is 22.7 Å². The maximum Gasteiger partial charge on any atom is 0.573 e. The fourth-order valence-corrected chi connectivity index (χ4v) is 2.52. The Labute approximate surface area is 145 Å². The van der Waals surface area contributed by atoms with Crippen LogP contribution in [0.1, 0.15) is 11.1 Å². The quantitative estimate of drug-likeness (QED) is 0.690. The van der Waals surface area contributed by atoms with Crippen LogP contribution >= 0.6 is 15.9 Å². The van der Waals surface area contributed by atoms with Crippen LogP contribution in [0.2, 0.25) is 0 Å². The first-order valence-electron chi connectivity index (χ1n) is 6.23. The number of phenols is 1. The van der Waals surface area contributed by atoms with E-state index in [2.05, 4.69) is 25.7 Å². The molecule has 0 fully saturated rings. The number of nitrogen functional groups attached to an aromatic ring is 1. The maximum absolute atomic E-state index is 12.5. The van der Waals surface area contributed by atoms with Crippen molar-refractivity contribution < 1.29 is 23.0 Å². The molecular formula is C14H6BrF3N4O3. The second-order valence-corrected chi connectivity index (χ2v) is 5.48. The molecule has 25 heavy (non-hydrogen) atoms. The number of hydrogen-bond donors (Lipinski definition) is 3. The first-order valence-corrected chi connectivity index (χ1v) is 7.03. The number of phenolic OH excluding ortho intramolecular Hbond substituents is 1. The molecule has 0 radical (unpaired) electrons. The number of halogens is 4. The van der Waals surface area contributed by atoms with Gasteiger partial charge in [0.05, 0.1) is 0 Å². The third-order valence-corrected chi connectivity index (χ3v) is 3.46. The summed E-state index contributed by atoms with van der Waals surface area (Å²) in [6, 6.07) is 5.14. The highest BCUT2D eigenvalue weighted by Gasteiger charge is 2.33. The zero-order chi connectivity index (χ0) is 18.9. The van der Waals surface area contributed by atoms with Crippen molar-refractivity contribution in [1.82, 2.24) is 4.98 Å². The first kappa shape index (κ1) is 18.2. The Morgan fingerprint density at radius 3 is 2.36 bits per heavy atom. The number of nitrogens with two attached hydrogens (primary N) is 1. The summed E-state index contributed by atoms with van der Waals surface area (Å²) in [5, 5.41) is 28.5. The normalized spacial score (nSPS) is 10.8. The number of nitrogens with one attached hydrogen (secondary N) is 1. The van der Waals surface area contributed by atoms with Crippen LogP contribution in [-0.2, 0) is 0 Å². The van der Waals surface area contributed by atoms with Crippen LogP contribution in [0.15, 0.2) is 21.4 Å². The van der Waals surface area contributed by atoms with Crippen LogP contribution < -0.4 is 16.0 Å². The lowest BCUT2D eigenvalue weighted by Crippen LogP contribution is -2.18. The number of anilines is 1. The molecule has 0 aliphatic rings. The van der Waals surface area contributed by atoms with E-state index >= 15 is 0 Å².